The van der Waals surface area contributed by atoms with Gasteiger partial charge < -0.3 is 15.1 Å². The maximum absolute atomic E-state index is 12.2. The lowest BCUT2D eigenvalue weighted by Crippen LogP contribution is -2.36. The van der Waals surface area contributed by atoms with E-state index in [1.165, 1.54) is 18.4 Å². The van der Waals surface area contributed by atoms with Crippen molar-refractivity contribution in [1.82, 2.24) is 15.6 Å². The molecule has 3 rings (SSSR count). The van der Waals surface area contributed by atoms with E-state index in [1.807, 2.05) is 0 Å². The lowest BCUT2D eigenvalue weighted by molar-refractivity contribution is 0.0934. The highest BCUT2D eigenvalue weighted by Crippen LogP contribution is 2.12. The Kier molecular flexibility index (Phi) is 4.84. The van der Waals surface area contributed by atoms with E-state index in [2.05, 4.69) is 15.6 Å². The number of carbonyl (C=O) groups is 2. The van der Waals surface area contributed by atoms with Crippen LogP contribution in [0.5, 0.6) is 0 Å². The Morgan fingerprint density at radius 3 is 2.56 bits per heavy atom. The number of aromatic nitrogens is 1. The molecule has 0 spiro atoms. The van der Waals surface area contributed by atoms with Crippen LogP contribution in [0.4, 0.5) is 0 Å². The standard InChI is InChI=1S/C16H17N3O5S/c20-15(17-9-12-3-2-7-24-12)13-4-1-5-14(19-13)16(21)18-11-6-8-25(22,23)10-11/h1-5,7,11H,6,8-10H2,(H,17,20)(H,18,21). The zero-order valence-corrected chi connectivity index (χ0v) is 14.1. The zero-order valence-electron chi connectivity index (χ0n) is 13.3. The number of hydrogen-bond acceptors (Lipinski definition) is 6. The van der Waals surface area contributed by atoms with E-state index < -0.39 is 27.7 Å². The molecular weight excluding hydrogens is 346 g/mol. The summed E-state index contributed by atoms with van der Waals surface area (Å²) in [7, 11) is -3.08. The largest absolute Gasteiger partial charge is 0.467 e. The quantitative estimate of drug-likeness (QED) is 0.799. The van der Waals surface area contributed by atoms with Crippen LogP contribution in [-0.4, -0.2) is 42.8 Å². The molecule has 1 fully saturated rings. The van der Waals surface area contributed by atoms with Gasteiger partial charge in [0, 0.05) is 6.04 Å². The van der Waals surface area contributed by atoms with Crippen LogP contribution in [0.1, 0.15) is 33.2 Å². The number of carbonyl (C=O) groups excluding carboxylic acids is 2. The van der Waals surface area contributed by atoms with Crippen LogP contribution in [-0.2, 0) is 16.4 Å². The van der Waals surface area contributed by atoms with Crippen LogP contribution in [0.2, 0.25) is 0 Å². The predicted molar refractivity (Wildman–Crippen MR) is 88.6 cm³/mol. The maximum atomic E-state index is 12.2. The minimum Gasteiger partial charge on any atom is -0.467 e. The Bertz CT molecular complexity index is 877. The van der Waals surface area contributed by atoms with E-state index in [1.54, 1.807) is 18.2 Å². The van der Waals surface area contributed by atoms with Crippen LogP contribution >= 0.6 is 0 Å². The van der Waals surface area contributed by atoms with Crippen LogP contribution in [0, 0.1) is 0 Å². The van der Waals surface area contributed by atoms with Crippen molar-refractivity contribution in [3.63, 3.8) is 0 Å². The number of pyridine rings is 1. The van der Waals surface area contributed by atoms with Crippen LogP contribution in [0.15, 0.2) is 41.0 Å². The highest BCUT2D eigenvalue weighted by atomic mass is 32.2. The van der Waals surface area contributed by atoms with Crippen LogP contribution < -0.4 is 10.6 Å². The molecule has 0 radical (unpaired) electrons. The minimum atomic E-state index is -3.08. The Balaban J connectivity index is 1.62. The van der Waals surface area contributed by atoms with Gasteiger partial charge in [-0.3, -0.25) is 9.59 Å². The maximum Gasteiger partial charge on any atom is 0.270 e. The second-order valence-corrected chi connectivity index (χ2v) is 7.97. The smallest absolute Gasteiger partial charge is 0.270 e. The van der Waals surface area contributed by atoms with E-state index >= 15 is 0 Å². The molecule has 132 valence electrons. The molecule has 1 aliphatic rings. The first-order valence-corrected chi connectivity index (χ1v) is 9.54. The normalized spacial score (nSPS) is 18.6. The predicted octanol–water partition coefficient (Wildman–Crippen LogP) is 0.521. The van der Waals surface area contributed by atoms with E-state index in [9.17, 15) is 18.0 Å². The lowest BCUT2D eigenvalue weighted by Gasteiger charge is -2.11. The van der Waals surface area contributed by atoms with Crippen molar-refractivity contribution in [3.05, 3.63) is 53.7 Å². The summed E-state index contributed by atoms with van der Waals surface area (Å²) in [4.78, 5) is 28.4. The van der Waals surface area contributed by atoms with Gasteiger partial charge in [-0.15, -0.1) is 0 Å². The number of rotatable bonds is 5. The molecule has 2 amide bonds. The molecule has 2 N–H and O–H groups in total. The Hall–Kier alpha value is -2.68. The number of nitrogens with zero attached hydrogens (tertiary/aromatic N) is 1. The molecule has 0 aliphatic carbocycles. The second-order valence-electron chi connectivity index (χ2n) is 5.74. The number of hydrogen-bond donors (Lipinski definition) is 2. The topological polar surface area (TPSA) is 118 Å². The van der Waals surface area contributed by atoms with Gasteiger partial charge in [-0.05, 0) is 30.7 Å². The van der Waals surface area contributed by atoms with E-state index in [-0.39, 0.29) is 29.4 Å². The van der Waals surface area contributed by atoms with Gasteiger partial charge in [0.1, 0.15) is 17.1 Å². The molecule has 1 saturated heterocycles. The van der Waals surface area contributed by atoms with Crippen molar-refractivity contribution >= 4 is 21.7 Å². The minimum absolute atomic E-state index is 0.0648. The molecule has 1 unspecified atom stereocenters. The summed E-state index contributed by atoms with van der Waals surface area (Å²) in [6, 6.07) is 7.54. The SMILES string of the molecule is O=C(NCc1ccco1)c1cccc(C(=O)NC2CCS(=O)(=O)C2)n1. The Labute approximate surface area is 144 Å². The summed E-state index contributed by atoms with van der Waals surface area (Å²) in [6.45, 7) is 0.212. The first-order chi connectivity index (χ1) is 11.9. The van der Waals surface area contributed by atoms with Crippen molar-refractivity contribution in [3.8, 4) is 0 Å². The van der Waals surface area contributed by atoms with Crippen LogP contribution in [0.3, 0.4) is 0 Å². The number of nitrogens with one attached hydrogen (secondary N) is 2. The summed E-state index contributed by atoms with van der Waals surface area (Å²) in [5.41, 5.74) is 0.160. The van der Waals surface area contributed by atoms with E-state index in [4.69, 9.17) is 4.42 Å². The molecule has 8 nitrogen and oxygen atoms in total. The lowest BCUT2D eigenvalue weighted by atomic mass is 10.2. The van der Waals surface area contributed by atoms with Crippen LogP contribution in [0.25, 0.3) is 0 Å². The van der Waals surface area contributed by atoms with Gasteiger partial charge in [0.15, 0.2) is 9.84 Å². The first kappa shape index (κ1) is 17.2. The van der Waals surface area contributed by atoms with Gasteiger partial charge in [0.25, 0.3) is 11.8 Å². The molecule has 2 aromatic heterocycles. The number of sulfone groups is 1. The second kappa shape index (κ2) is 7.06. The first-order valence-electron chi connectivity index (χ1n) is 7.72. The van der Waals surface area contributed by atoms with Gasteiger partial charge in [-0.1, -0.05) is 6.07 Å². The third kappa shape index (κ3) is 4.44. The fourth-order valence-electron chi connectivity index (χ4n) is 2.53. The monoisotopic (exact) mass is 363 g/mol. The molecule has 1 atom stereocenters. The fraction of sp³-hybridized carbons (Fsp3) is 0.312. The summed E-state index contributed by atoms with van der Waals surface area (Å²) < 4.78 is 28.0. The van der Waals surface area contributed by atoms with Gasteiger partial charge in [-0.25, -0.2) is 13.4 Å². The molecule has 3 heterocycles. The third-order valence-electron chi connectivity index (χ3n) is 3.79. The third-order valence-corrected chi connectivity index (χ3v) is 5.55. The van der Waals surface area contributed by atoms with Crippen molar-refractivity contribution in [1.29, 1.82) is 0 Å². The number of amides is 2. The highest BCUT2D eigenvalue weighted by molar-refractivity contribution is 7.91. The molecule has 0 saturated carbocycles. The number of furan rings is 1. The summed E-state index contributed by atoms with van der Waals surface area (Å²) in [5.74, 6) is -0.329. The van der Waals surface area contributed by atoms with Crippen molar-refractivity contribution < 1.29 is 22.4 Å². The van der Waals surface area contributed by atoms with E-state index in [0.29, 0.717) is 12.2 Å². The average molecular weight is 363 g/mol. The van der Waals surface area contributed by atoms with Gasteiger partial charge in [-0.2, -0.15) is 0 Å². The van der Waals surface area contributed by atoms with Gasteiger partial charge >= 0.3 is 0 Å². The molecule has 9 heteroatoms. The molecule has 0 aromatic carbocycles. The van der Waals surface area contributed by atoms with Gasteiger partial charge in [0.05, 0.1) is 24.3 Å². The van der Waals surface area contributed by atoms with Crippen molar-refractivity contribution in [2.45, 2.75) is 19.0 Å². The summed E-state index contributed by atoms with van der Waals surface area (Å²) in [5, 5.41) is 5.29. The fourth-order valence-corrected chi connectivity index (χ4v) is 4.20. The molecule has 1 aliphatic heterocycles. The van der Waals surface area contributed by atoms with Crippen molar-refractivity contribution in [2.24, 2.45) is 0 Å². The molecule has 0 bridgehead atoms. The summed E-state index contributed by atoms with van der Waals surface area (Å²) >= 11 is 0. The Morgan fingerprint density at radius 2 is 1.92 bits per heavy atom. The van der Waals surface area contributed by atoms with Gasteiger partial charge in [0.2, 0.25) is 0 Å². The van der Waals surface area contributed by atoms with Crippen molar-refractivity contribution in [2.75, 3.05) is 11.5 Å². The summed E-state index contributed by atoms with van der Waals surface area (Å²) in [6.07, 6.45) is 1.89. The zero-order chi connectivity index (χ0) is 17.9. The average Bonchev–Trinajstić information content (AvgIpc) is 3.22. The molecule has 2 aromatic rings. The Morgan fingerprint density at radius 1 is 1.16 bits per heavy atom. The molecular formula is C16H17N3O5S. The highest BCUT2D eigenvalue weighted by Gasteiger charge is 2.29. The van der Waals surface area contributed by atoms with E-state index in [0.717, 1.165) is 0 Å². The molecule has 25 heavy (non-hydrogen) atoms.